The first kappa shape index (κ1) is 12.7. The van der Waals surface area contributed by atoms with Crippen molar-refractivity contribution in [1.82, 2.24) is 10.2 Å². The van der Waals surface area contributed by atoms with Gasteiger partial charge in [0.2, 0.25) is 5.91 Å². The van der Waals surface area contributed by atoms with Gasteiger partial charge in [0.15, 0.2) is 0 Å². The Hall–Kier alpha value is -1.35. The zero-order valence-electron chi connectivity index (χ0n) is 11.3. The first-order chi connectivity index (χ1) is 9.33. The van der Waals surface area contributed by atoms with Gasteiger partial charge in [0, 0.05) is 25.0 Å². The van der Waals surface area contributed by atoms with Crippen LogP contribution in [-0.4, -0.2) is 29.4 Å². The zero-order valence-corrected chi connectivity index (χ0v) is 11.3. The summed E-state index contributed by atoms with van der Waals surface area (Å²) in [5, 5.41) is 3.22. The molecule has 0 spiro atoms. The maximum absolute atomic E-state index is 11.7. The molecule has 0 aromatic heterocycles. The minimum Gasteiger partial charge on any atom is -0.352 e. The van der Waals surface area contributed by atoms with Crippen LogP contribution < -0.4 is 5.32 Å². The molecule has 2 aliphatic heterocycles. The molecule has 2 aliphatic rings. The lowest BCUT2D eigenvalue weighted by Crippen LogP contribution is -2.53. The minimum atomic E-state index is 0.245. The molecule has 2 fully saturated rings. The van der Waals surface area contributed by atoms with Crippen LogP contribution in [0, 0.1) is 0 Å². The normalized spacial score (nSPS) is 28.3. The second-order valence-corrected chi connectivity index (χ2v) is 5.73. The number of carbonyl (C=O) groups is 1. The number of nitrogens with one attached hydrogen (secondary N) is 1. The van der Waals surface area contributed by atoms with Gasteiger partial charge < -0.3 is 5.32 Å². The summed E-state index contributed by atoms with van der Waals surface area (Å²) >= 11 is 0. The third kappa shape index (κ3) is 2.98. The van der Waals surface area contributed by atoms with E-state index in [9.17, 15) is 4.79 Å². The van der Waals surface area contributed by atoms with Crippen molar-refractivity contribution in [3.05, 3.63) is 35.9 Å². The highest BCUT2D eigenvalue weighted by atomic mass is 16.1. The van der Waals surface area contributed by atoms with Crippen LogP contribution in [-0.2, 0) is 11.3 Å². The molecule has 1 aromatic rings. The number of carbonyl (C=O) groups excluding carboxylic acids is 1. The molecule has 1 aromatic carbocycles. The maximum atomic E-state index is 11.7. The summed E-state index contributed by atoms with van der Waals surface area (Å²) in [6, 6.07) is 11.6. The average Bonchev–Trinajstić information content (AvgIpc) is 2.61. The molecular weight excluding hydrogens is 236 g/mol. The van der Waals surface area contributed by atoms with Gasteiger partial charge in [-0.2, -0.15) is 0 Å². The predicted molar refractivity (Wildman–Crippen MR) is 75.7 cm³/mol. The Bertz CT molecular complexity index is 432. The Kier molecular flexibility index (Phi) is 3.83. The van der Waals surface area contributed by atoms with Gasteiger partial charge >= 0.3 is 0 Å². The fraction of sp³-hybridized carbons (Fsp3) is 0.562. The Balaban J connectivity index is 1.72. The molecule has 2 heterocycles. The van der Waals surface area contributed by atoms with E-state index in [1.807, 2.05) is 0 Å². The Labute approximate surface area is 115 Å². The fourth-order valence-electron chi connectivity index (χ4n) is 3.44. The third-order valence-corrected chi connectivity index (χ3v) is 4.37. The van der Waals surface area contributed by atoms with Crippen molar-refractivity contribution in [2.75, 3.05) is 6.54 Å². The lowest BCUT2D eigenvalue weighted by molar-refractivity contribution is -0.121. The van der Waals surface area contributed by atoms with Gasteiger partial charge in [-0.1, -0.05) is 30.3 Å². The van der Waals surface area contributed by atoms with Gasteiger partial charge in [-0.3, -0.25) is 9.69 Å². The van der Waals surface area contributed by atoms with Crippen LogP contribution in [0.3, 0.4) is 0 Å². The van der Waals surface area contributed by atoms with Gasteiger partial charge in [-0.15, -0.1) is 0 Å². The first-order valence-electron chi connectivity index (χ1n) is 7.40. The lowest BCUT2D eigenvalue weighted by Gasteiger charge is -2.40. The van der Waals surface area contributed by atoms with E-state index < -0.39 is 0 Å². The Morgan fingerprint density at radius 1 is 1.16 bits per heavy atom. The highest BCUT2D eigenvalue weighted by Crippen LogP contribution is 2.26. The second kappa shape index (κ2) is 5.74. The summed E-state index contributed by atoms with van der Waals surface area (Å²) in [6.45, 7) is 2.17. The fourth-order valence-corrected chi connectivity index (χ4v) is 3.44. The van der Waals surface area contributed by atoms with Gasteiger partial charge in [0.05, 0.1) is 0 Å². The van der Waals surface area contributed by atoms with E-state index in [1.165, 1.54) is 12.0 Å². The smallest absolute Gasteiger partial charge is 0.220 e. The lowest BCUT2D eigenvalue weighted by atomic mass is 9.93. The molecule has 1 amide bonds. The Morgan fingerprint density at radius 2 is 2.00 bits per heavy atom. The third-order valence-electron chi connectivity index (χ3n) is 4.37. The molecule has 19 heavy (non-hydrogen) atoms. The molecule has 102 valence electrons. The van der Waals surface area contributed by atoms with E-state index in [0.717, 1.165) is 32.4 Å². The molecule has 3 nitrogen and oxygen atoms in total. The van der Waals surface area contributed by atoms with Crippen LogP contribution >= 0.6 is 0 Å². The van der Waals surface area contributed by atoms with E-state index in [4.69, 9.17) is 0 Å². The standard InChI is InChI=1S/C16H22N2O/c19-16-10-4-9-15-14(17-16)8-5-11-18(15)12-13-6-2-1-3-7-13/h1-3,6-7,14-15H,4-5,8-12H2,(H,17,19)/t14-,15+/m0/s1. The largest absolute Gasteiger partial charge is 0.352 e. The summed E-state index contributed by atoms with van der Waals surface area (Å²) in [6.07, 6.45) is 5.21. The van der Waals surface area contributed by atoms with Gasteiger partial charge in [-0.25, -0.2) is 0 Å². The summed E-state index contributed by atoms with van der Waals surface area (Å²) in [4.78, 5) is 14.2. The van der Waals surface area contributed by atoms with Crippen LogP contribution in [0.15, 0.2) is 30.3 Å². The van der Waals surface area contributed by atoms with Crippen molar-refractivity contribution in [3.8, 4) is 0 Å². The molecule has 2 atom stereocenters. The molecule has 0 aliphatic carbocycles. The van der Waals surface area contributed by atoms with Crippen molar-refractivity contribution in [2.45, 2.75) is 50.7 Å². The first-order valence-corrected chi connectivity index (χ1v) is 7.40. The quantitative estimate of drug-likeness (QED) is 0.883. The van der Waals surface area contributed by atoms with Crippen molar-refractivity contribution in [1.29, 1.82) is 0 Å². The average molecular weight is 258 g/mol. The van der Waals surface area contributed by atoms with E-state index in [1.54, 1.807) is 0 Å². The topological polar surface area (TPSA) is 32.3 Å². The van der Waals surface area contributed by atoms with Crippen LogP contribution in [0.1, 0.15) is 37.7 Å². The number of nitrogens with zero attached hydrogens (tertiary/aromatic N) is 1. The highest BCUT2D eigenvalue weighted by Gasteiger charge is 2.33. The number of hydrogen-bond donors (Lipinski definition) is 1. The molecule has 0 bridgehead atoms. The number of rotatable bonds is 2. The van der Waals surface area contributed by atoms with Gasteiger partial charge in [0.1, 0.15) is 0 Å². The minimum absolute atomic E-state index is 0.245. The monoisotopic (exact) mass is 258 g/mol. The van der Waals surface area contributed by atoms with E-state index in [0.29, 0.717) is 18.5 Å². The SMILES string of the molecule is O=C1CCC[C@@H]2[C@H](CCCN2Cc2ccccc2)N1. The van der Waals surface area contributed by atoms with Crippen LogP contribution in [0.2, 0.25) is 0 Å². The number of piperidine rings is 1. The van der Waals surface area contributed by atoms with Crippen LogP contribution in [0.5, 0.6) is 0 Å². The number of fused-ring (bicyclic) bond motifs is 1. The van der Waals surface area contributed by atoms with E-state index in [-0.39, 0.29) is 5.91 Å². The van der Waals surface area contributed by atoms with E-state index >= 15 is 0 Å². The molecule has 2 saturated heterocycles. The maximum Gasteiger partial charge on any atom is 0.220 e. The van der Waals surface area contributed by atoms with Crippen LogP contribution in [0.25, 0.3) is 0 Å². The van der Waals surface area contributed by atoms with Gasteiger partial charge in [-0.05, 0) is 37.8 Å². The van der Waals surface area contributed by atoms with Crippen molar-refractivity contribution in [3.63, 3.8) is 0 Å². The summed E-state index contributed by atoms with van der Waals surface area (Å²) in [5.74, 6) is 0.245. The Morgan fingerprint density at radius 3 is 2.84 bits per heavy atom. The molecule has 3 heteroatoms. The molecule has 0 radical (unpaired) electrons. The molecule has 0 saturated carbocycles. The molecule has 1 N–H and O–H groups in total. The molecule has 3 rings (SSSR count). The summed E-state index contributed by atoms with van der Waals surface area (Å²) in [5.41, 5.74) is 1.37. The van der Waals surface area contributed by atoms with Crippen molar-refractivity contribution < 1.29 is 4.79 Å². The van der Waals surface area contributed by atoms with Crippen molar-refractivity contribution >= 4 is 5.91 Å². The zero-order chi connectivity index (χ0) is 13.1. The second-order valence-electron chi connectivity index (χ2n) is 5.73. The molecule has 0 unspecified atom stereocenters. The number of benzene rings is 1. The summed E-state index contributed by atoms with van der Waals surface area (Å²) in [7, 11) is 0. The van der Waals surface area contributed by atoms with E-state index in [2.05, 4.69) is 40.5 Å². The predicted octanol–water partition coefficient (Wildman–Crippen LogP) is 2.32. The number of amides is 1. The van der Waals surface area contributed by atoms with Crippen LogP contribution in [0.4, 0.5) is 0 Å². The summed E-state index contributed by atoms with van der Waals surface area (Å²) < 4.78 is 0. The number of hydrogen-bond acceptors (Lipinski definition) is 2. The number of likely N-dealkylation sites (tertiary alicyclic amines) is 1. The highest BCUT2D eigenvalue weighted by molar-refractivity contribution is 5.76. The van der Waals surface area contributed by atoms with Crippen molar-refractivity contribution in [2.24, 2.45) is 0 Å². The van der Waals surface area contributed by atoms with Gasteiger partial charge in [0.25, 0.3) is 0 Å². The molecular formula is C16H22N2O.